The molecule has 42 heavy (non-hydrogen) atoms. The van der Waals surface area contributed by atoms with Crippen molar-refractivity contribution in [2.45, 2.75) is 25.9 Å². The zero-order valence-electron chi connectivity index (χ0n) is 22.7. The van der Waals surface area contributed by atoms with E-state index < -0.39 is 11.7 Å². The van der Waals surface area contributed by atoms with E-state index >= 15 is 0 Å². The van der Waals surface area contributed by atoms with Gasteiger partial charge in [-0.3, -0.25) is 9.51 Å². The number of rotatable bonds is 12. The maximum atomic E-state index is 14.2. The van der Waals surface area contributed by atoms with E-state index in [1.54, 1.807) is 18.2 Å². The van der Waals surface area contributed by atoms with Crippen molar-refractivity contribution in [3.63, 3.8) is 0 Å². The minimum Gasteiger partial charge on any atom is -0.488 e. The van der Waals surface area contributed by atoms with Crippen LogP contribution >= 0.6 is 0 Å². The molecule has 0 spiro atoms. The van der Waals surface area contributed by atoms with Crippen LogP contribution in [0.15, 0.2) is 112 Å². The number of carboxylic acids is 1. The highest BCUT2D eigenvalue weighted by Crippen LogP contribution is 2.26. The number of hydrogen-bond acceptors (Lipinski definition) is 5. The summed E-state index contributed by atoms with van der Waals surface area (Å²) in [6.45, 7) is 0.366. The number of ether oxygens (including phenoxy) is 1. The molecule has 1 aromatic heterocycles. The molecular formula is C34H29FN2O5. The molecule has 8 heteroatoms. The van der Waals surface area contributed by atoms with Gasteiger partial charge in [-0.05, 0) is 72.2 Å². The number of H-pyrrole nitrogens is 1. The van der Waals surface area contributed by atoms with Crippen molar-refractivity contribution in [2.24, 2.45) is 5.92 Å². The van der Waals surface area contributed by atoms with Gasteiger partial charge in [-0.2, -0.15) is 0 Å². The van der Waals surface area contributed by atoms with Crippen LogP contribution in [-0.4, -0.2) is 21.2 Å². The Bertz CT molecular complexity index is 1710. The third-order valence-corrected chi connectivity index (χ3v) is 6.93. The maximum Gasteiger partial charge on any atom is 0.439 e. The van der Waals surface area contributed by atoms with E-state index in [0.29, 0.717) is 30.2 Å². The molecular weight excluding hydrogens is 535 g/mol. The average molecular weight is 565 g/mol. The molecule has 0 saturated carbocycles. The van der Waals surface area contributed by atoms with Gasteiger partial charge in [0.2, 0.25) is 0 Å². The molecule has 5 aromatic rings. The Kier molecular flexibility index (Phi) is 9.03. The monoisotopic (exact) mass is 564 g/mol. The molecule has 2 N–H and O–H groups in total. The highest BCUT2D eigenvalue weighted by atomic mass is 19.1. The van der Waals surface area contributed by atoms with Gasteiger partial charge in [0.15, 0.2) is 5.82 Å². The van der Waals surface area contributed by atoms with Crippen LogP contribution in [0, 0.1) is 11.7 Å². The molecule has 0 aliphatic heterocycles. The van der Waals surface area contributed by atoms with E-state index in [9.17, 15) is 19.1 Å². The number of aromatic carboxylic acids is 1. The second-order valence-corrected chi connectivity index (χ2v) is 9.96. The van der Waals surface area contributed by atoms with E-state index in [0.717, 1.165) is 35.1 Å². The third kappa shape index (κ3) is 7.69. The van der Waals surface area contributed by atoms with Crippen molar-refractivity contribution in [3.05, 3.63) is 147 Å². The summed E-state index contributed by atoms with van der Waals surface area (Å²) in [6.07, 6.45) is 6.17. The Morgan fingerprint density at radius 1 is 0.952 bits per heavy atom. The van der Waals surface area contributed by atoms with E-state index in [-0.39, 0.29) is 17.3 Å². The quantitative estimate of drug-likeness (QED) is 0.170. The fourth-order valence-corrected chi connectivity index (χ4v) is 4.64. The molecule has 5 rings (SSSR count). The summed E-state index contributed by atoms with van der Waals surface area (Å²) in [4.78, 5) is 25.1. The lowest BCUT2D eigenvalue weighted by Gasteiger charge is -2.15. The van der Waals surface area contributed by atoms with Gasteiger partial charge >= 0.3 is 11.7 Å². The average Bonchev–Trinajstić information content (AvgIpc) is 3.45. The van der Waals surface area contributed by atoms with Crippen LogP contribution < -0.4 is 10.5 Å². The first-order valence-corrected chi connectivity index (χ1v) is 13.5. The number of nitrogens with zero attached hydrogens (tertiary/aromatic N) is 1. The lowest BCUT2D eigenvalue weighted by atomic mass is 9.91. The third-order valence-electron chi connectivity index (χ3n) is 6.93. The van der Waals surface area contributed by atoms with Gasteiger partial charge in [-0.1, -0.05) is 84.0 Å². The number of aryl methyl sites for hydroxylation is 1. The Hall–Kier alpha value is -5.24. The highest BCUT2D eigenvalue weighted by molar-refractivity contribution is 5.87. The topological polar surface area (TPSA) is 105 Å². The SMILES string of the molecule is O=C(O)c1ccc(CC(C=Cc2cc(F)ccc2OCc2ccccc2)CCc2ccc(-c3noc(=O)[nH]3)cc2)cc1. The first-order valence-electron chi connectivity index (χ1n) is 13.5. The predicted octanol–water partition coefficient (Wildman–Crippen LogP) is 6.95. The molecule has 1 atom stereocenters. The summed E-state index contributed by atoms with van der Waals surface area (Å²) in [5, 5.41) is 13.0. The van der Waals surface area contributed by atoms with Crippen molar-refractivity contribution in [3.8, 4) is 17.1 Å². The first-order chi connectivity index (χ1) is 20.4. The number of aromatic nitrogens is 2. The summed E-state index contributed by atoms with van der Waals surface area (Å²) >= 11 is 0. The van der Waals surface area contributed by atoms with Gasteiger partial charge in [0, 0.05) is 11.1 Å². The fraction of sp³-hybridized carbons (Fsp3) is 0.147. The molecule has 1 heterocycles. The van der Waals surface area contributed by atoms with Crippen LogP contribution in [0.25, 0.3) is 17.5 Å². The van der Waals surface area contributed by atoms with Gasteiger partial charge in [-0.15, -0.1) is 0 Å². The summed E-state index contributed by atoms with van der Waals surface area (Å²) in [5.41, 5.74) is 4.73. The second-order valence-electron chi connectivity index (χ2n) is 9.96. The summed E-state index contributed by atoms with van der Waals surface area (Å²) in [7, 11) is 0. The number of allylic oxidation sites excluding steroid dienone is 1. The molecule has 0 amide bonds. The minimum absolute atomic E-state index is 0.0671. The van der Waals surface area contributed by atoms with Gasteiger partial charge in [-0.25, -0.2) is 14.0 Å². The molecule has 1 unspecified atom stereocenters. The number of nitrogens with one attached hydrogen (secondary N) is 1. The van der Waals surface area contributed by atoms with Gasteiger partial charge in [0.25, 0.3) is 0 Å². The smallest absolute Gasteiger partial charge is 0.439 e. The van der Waals surface area contributed by atoms with E-state index in [1.165, 1.54) is 12.1 Å². The Balaban J connectivity index is 1.33. The standard InChI is InChI=1S/C34H29FN2O5/c35-30-18-19-31(41-22-26-4-2-1-3-5-26)29(21-30)17-12-24(20-25-10-15-28(16-11-25)33(38)39)7-6-23-8-13-27(14-9-23)32-36-34(40)42-37-32/h1-5,8-19,21,24H,6-7,20,22H2,(H,38,39)(H,36,37,40). The van der Waals surface area contributed by atoms with Gasteiger partial charge in [0.1, 0.15) is 18.2 Å². The van der Waals surface area contributed by atoms with Crippen molar-refractivity contribution in [2.75, 3.05) is 0 Å². The normalized spacial score (nSPS) is 11.9. The molecule has 0 saturated heterocycles. The van der Waals surface area contributed by atoms with Crippen LogP contribution in [0.3, 0.4) is 0 Å². The van der Waals surface area contributed by atoms with Gasteiger partial charge < -0.3 is 9.84 Å². The lowest BCUT2D eigenvalue weighted by molar-refractivity contribution is 0.0697. The Morgan fingerprint density at radius 3 is 2.38 bits per heavy atom. The molecule has 212 valence electrons. The number of benzene rings is 4. The molecule has 0 aliphatic rings. The summed E-state index contributed by atoms with van der Waals surface area (Å²) in [6, 6.07) is 28.8. The van der Waals surface area contributed by atoms with Crippen LogP contribution in [-0.2, 0) is 19.4 Å². The maximum absolute atomic E-state index is 14.2. The van der Waals surface area contributed by atoms with E-state index in [1.807, 2.05) is 72.8 Å². The van der Waals surface area contributed by atoms with Crippen LogP contribution in [0.1, 0.15) is 39.0 Å². The second kappa shape index (κ2) is 13.4. The Labute approximate surface area is 241 Å². The zero-order valence-corrected chi connectivity index (χ0v) is 22.7. The van der Waals surface area contributed by atoms with Gasteiger partial charge in [0.05, 0.1) is 5.56 Å². The molecule has 0 radical (unpaired) electrons. The van der Waals surface area contributed by atoms with Crippen molar-refractivity contribution in [1.29, 1.82) is 0 Å². The van der Waals surface area contributed by atoms with Crippen molar-refractivity contribution < 1.29 is 23.6 Å². The predicted molar refractivity (Wildman–Crippen MR) is 158 cm³/mol. The van der Waals surface area contributed by atoms with E-state index in [4.69, 9.17) is 4.74 Å². The van der Waals surface area contributed by atoms with Crippen molar-refractivity contribution >= 4 is 12.0 Å². The van der Waals surface area contributed by atoms with Crippen LogP contribution in [0.5, 0.6) is 5.75 Å². The molecule has 0 fully saturated rings. The zero-order chi connectivity index (χ0) is 29.3. The first kappa shape index (κ1) is 28.3. The molecule has 0 aliphatic carbocycles. The summed E-state index contributed by atoms with van der Waals surface area (Å²) in [5.74, 6) is -0.897. The lowest BCUT2D eigenvalue weighted by Crippen LogP contribution is -2.05. The molecule has 7 nitrogen and oxygen atoms in total. The number of aromatic amines is 1. The van der Waals surface area contributed by atoms with Crippen molar-refractivity contribution in [1.82, 2.24) is 10.1 Å². The molecule has 0 bridgehead atoms. The number of carboxylic acid groups (broad SMARTS) is 1. The largest absolute Gasteiger partial charge is 0.488 e. The highest BCUT2D eigenvalue weighted by Gasteiger charge is 2.11. The minimum atomic E-state index is -0.967. The number of hydrogen-bond donors (Lipinski definition) is 2. The summed E-state index contributed by atoms with van der Waals surface area (Å²) < 4.78 is 24.9. The van der Waals surface area contributed by atoms with Crippen LogP contribution in [0.2, 0.25) is 0 Å². The number of carbonyl (C=O) groups is 1. The fourth-order valence-electron chi connectivity index (χ4n) is 4.64. The van der Waals surface area contributed by atoms with Crippen LogP contribution in [0.4, 0.5) is 4.39 Å². The van der Waals surface area contributed by atoms with E-state index in [2.05, 4.69) is 20.7 Å². The Morgan fingerprint density at radius 2 is 1.69 bits per heavy atom. The molecule has 4 aromatic carbocycles. The number of halogens is 1.